The van der Waals surface area contributed by atoms with Crippen LogP contribution in [-0.2, 0) is 4.79 Å². The molecule has 0 unspecified atom stereocenters. The second-order valence-corrected chi connectivity index (χ2v) is 8.74. The van der Waals surface area contributed by atoms with Crippen LogP contribution < -0.4 is 0 Å². The molecule has 1 aromatic carbocycles. The third kappa shape index (κ3) is 3.49. The molecule has 5 rings (SSSR count). The first kappa shape index (κ1) is 17.6. The van der Waals surface area contributed by atoms with Gasteiger partial charge in [-0.25, -0.2) is 5.01 Å². The SMILES string of the molecule is O=C(CSc1nnc(-c2cccs2)n1C1CC1)N1CCC(c2ccccc2)=N1. The minimum absolute atomic E-state index is 0.0129. The molecule has 3 aromatic rings. The molecule has 2 aliphatic rings. The van der Waals surface area contributed by atoms with Crippen molar-refractivity contribution in [1.29, 1.82) is 0 Å². The number of hydrazone groups is 1. The highest BCUT2D eigenvalue weighted by Gasteiger charge is 2.31. The van der Waals surface area contributed by atoms with E-state index in [1.165, 1.54) is 11.8 Å². The summed E-state index contributed by atoms with van der Waals surface area (Å²) in [5, 5.41) is 17.8. The van der Waals surface area contributed by atoms with Crippen molar-refractivity contribution in [2.45, 2.75) is 30.5 Å². The Labute approximate surface area is 171 Å². The van der Waals surface area contributed by atoms with Gasteiger partial charge >= 0.3 is 0 Å². The van der Waals surface area contributed by atoms with Crippen LogP contribution in [0.4, 0.5) is 0 Å². The Hall–Kier alpha value is -2.45. The maximum Gasteiger partial charge on any atom is 0.253 e. The zero-order valence-corrected chi connectivity index (χ0v) is 16.8. The first-order valence-electron chi connectivity index (χ1n) is 9.34. The number of thiophene rings is 1. The highest BCUT2D eigenvalue weighted by atomic mass is 32.2. The third-order valence-corrected chi connectivity index (χ3v) is 6.63. The highest BCUT2D eigenvalue weighted by Crippen LogP contribution is 2.41. The summed E-state index contributed by atoms with van der Waals surface area (Å²) in [5.74, 6) is 1.25. The number of hydrogen-bond acceptors (Lipinski definition) is 6. The van der Waals surface area contributed by atoms with Crippen LogP contribution >= 0.6 is 23.1 Å². The van der Waals surface area contributed by atoms with E-state index < -0.39 is 0 Å². The molecule has 1 aliphatic carbocycles. The maximum atomic E-state index is 12.7. The normalized spacial score (nSPS) is 16.4. The standard InChI is InChI=1S/C20H19N5OS2/c26-18(24-11-10-16(23-24)14-5-2-1-3-6-14)13-28-20-22-21-19(17-7-4-12-27-17)25(20)15-8-9-15/h1-7,12,15H,8-11,13H2. The van der Waals surface area contributed by atoms with E-state index in [2.05, 4.69) is 25.9 Å². The molecule has 6 nitrogen and oxygen atoms in total. The van der Waals surface area contributed by atoms with E-state index in [0.717, 1.165) is 46.4 Å². The van der Waals surface area contributed by atoms with Gasteiger partial charge in [-0.2, -0.15) is 5.10 Å². The summed E-state index contributed by atoms with van der Waals surface area (Å²) in [6.45, 7) is 0.638. The molecular weight excluding hydrogens is 390 g/mol. The van der Waals surface area contributed by atoms with Gasteiger partial charge in [0.25, 0.3) is 5.91 Å². The first-order chi connectivity index (χ1) is 13.8. The van der Waals surface area contributed by atoms with Crippen LogP contribution in [0.15, 0.2) is 58.1 Å². The van der Waals surface area contributed by atoms with E-state index in [-0.39, 0.29) is 5.91 Å². The Balaban J connectivity index is 1.28. The summed E-state index contributed by atoms with van der Waals surface area (Å²) in [7, 11) is 0. The van der Waals surface area contributed by atoms with Gasteiger partial charge in [0, 0.05) is 12.5 Å². The van der Waals surface area contributed by atoms with Gasteiger partial charge < -0.3 is 0 Å². The predicted molar refractivity (Wildman–Crippen MR) is 112 cm³/mol. The van der Waals surface area contributed by atoms with Crippen LogP contribution in [-0.4, -0.2) is 43.7 Å². The van der Waals surface area contributed by atoms with Crippen LogP contribution in [0.3, 0.4) is 0 Å². The molecule has 0 saturated heterocycles. The summed E-state index contributed by atoms with van der Waals surface area (Å²) in [6, 6.07) is 14.6. The van der Waals surface area contributed by atoms with Gasteiger partial charge in [0.2, 0.25) is 0 Å². The summed E-state index contributed by atoms with van der Waals surface area (Å²) < 4.78 is 2.20. The fraction of sp³-hybridized carbons (Fsp3) is 0.300. The lowest BCUT2D eigenvalue weighted by atomic mass is 10.1. The second-order valence-electron chi connectivity index (χ2n) is 6.85. The highest BCUT2D eigenvalue weighted by molar-refractivity contribution is 7.99. The number of thioether (sulfide) groups is 1. The number of amides is 1. The van der Waals surface area contributed by atoms with Crippen LogP contribution in [0.5, 0.6) is 0 Å². The Kier molecular flexibility index (Phi) is 4.74. The summed E-state index contributed by atoms with van der Waals surface area (Å²) >= 11 is 3.13. The number of rotatable bonds is 6. The average molecular weight is 410 g/mol. The number of nitrogens with zero attached hydrogens (tertiary/aromatic N) is 5. The van der Waals surface area contributed by atoms with Crippen molar-refractivity contribution >= 4 is 34.7 Å². The lowest BCUT2D eigenvalue weighted by Crippen LogP contribution is -2.25. The van der Waals surface area contributed by atoms with Gasteiger partial charge in [-0.05, 0) is 29.9 Å². The van der Waals surface area contributed by atoms with Crippen LogP contribution in [0.25, 0.3) is 10.7 Å². The van der Waals surface area contributed by atoms with Crippen molar-refractivity contribution < 1.29 is 4.79 Å². The monoisotopic (exact) mass is 409 g/mol. The quantitative estimate of drug-likeness (QED) is 0.576. The number of carbonyl (C=O) groups excluding carboxylic acids is 1. The zero-order valence-electron chi connectivity index (χ0n) is 15.2. The molecule has 0 atom stereocenters. The molecule has 3 heterocycles. The Morgan fingerprint density at radius 2 is 2.00 bits per heavy atom. The van der Waals surface area contributed by atoms with Gasteiger partial charge in [0.1, 0.15) is 0 Å². The van der Waals surface area contributed by atoms with Crippen molar-refractivity contribution in [2.24, 2.45) is 5.10 Å². The fourth-order valence-electron chi connectivity index (χ4n) is 3.28. The van der Waals surface area contributed by atoms with Crippen molar-refractivity contribution in [3.05, 3.63) is 53.4 Å². The molecule has 1 saturated carbocycles. The number of benzene rings is 1. The number of carbonyl (C=O) groups is 1. The molecule has 0 spiro atoms. The van der Waals surface area contributed by atoms with E-state index in [0.29, 0.717) is 18.3 Å². The molecule has 1 fully saturated rings. The van der Waals surface area contributed by atoms with E-state index >= 15 is 0 Å². The zero-order chi connectivity index (χ0) is 18.9. The molecule has 1 amide bonds. The van der Waals surface area contributed by atoms with Gasteiger partial charge in [0.15, 0.2) is 11.0 Å². The Morgan fingerprint density at radius 1 is 1.14 bits per heavy atom. The predicted octanol–water partition coefficient (Wildman–Crippen LogP) is 4.07. The van der Waals surface area contributed by atoms with E-state index in [4.69, 9.17) is 0 Å². The van der Waals surface area contributed by atoms with Crippen molar-refractivity contribution in [2.75, 3.05) is 12.3 Å². The smallest absolute Gasteiger partial charge is 0.253 e. The lowest BCUT2D eigenvalue weighted by molar-refractivity contribution is -0.127. The molecule has 8 heteroatoms. The summed E-state index contributed by atoms with van der Waals surface area (Å²) in [4.78, 5) is 13.8. The van der Waals surface area contributed by atoms with Crippen LogP contribution in [0.2, 0.25) is 0 Å². The van der Waals surface area contributed by atoms with Gasteiger partial charge in [0.05, 0.1) is 22.9 Å². The summed E-state index contributed by atoms with van der Waals surface area (Å²) in [6.07, 6.45) is 3.09. The van der Waals surface area contributed by atoms with E-state index in [9.17, 15) is 4.79 Å². The van der Waals surface area contributed by atoms with Gasteiger partial charge in [-0.3, -0.25) is 9.36 Å². The van der Waals surface area contributed by atoms with Crippen molar-refractivity contribution in [1.82, 2.24) is 19.8 Å². The van der Waals surface area contributed by atoms with E-state index in [1.807, 2.05) is 41.8 Å². The molecule has 1 aliphatic heterocycles. The molecule has 0 bridgehead atoms. The molecule has 28 heavy (non-hydrogen) atoms. The fourth-order valence-corrected chi connectivity index (χ4v) is 4.86. The first-order valence-corrected chi connectivity index (χ1v) is 11.2. The van der Waals surface area contributed by atoms with Crippen LogP contribution in [0, 0.1) is 0 Å². The third-order valence-electron chi connectivity index (χ3n) is 4.84. The lowest BCUT2D eigenvalue weighted by Gasteiger charge is -2.11. The van der Waals surface area contributed by atoms with Gasteiger partial charge in [-0.15, -0.1) is 21.5 Å². The number of hydrogen-bond donors (Lipinski definition) is 0. The molecule has 0 radical (unpaired) electrons. The Morgan fingerprint density at radius 3 is 2.75 bits per heavy atom. The Bertz CT molecular complexity index is 1010. The minimum Gasteiger partial charge on any atom is -0.298 e. The summed E-state index contributed by atoms with van der Waals surface area (Å²) in [5.41, 5.74) is 2.06. The maximum absolute atomic E-state index is 12.7. The number of aromatic nitrogens is 3. The largest absolute Gasteiger partial charge is 0.298 e. The minimum atomic E-state index is 0.0129. The molecule has 0 N–H and O–H groups in total. The molecule has 142 valence electrons. The molecule has 2 aromatic heterocycles. The molecular formula is C20H19N5OS2. The van der Waals surface area contributed by atoms with Crippen molar-refractivity contribution in [3.63, 3.8) is 0 Å². The topological polar surface area (TPSA) is 63.4 Å². The van der Waals surface area contributed by atoms with E-state index in [1.54, 1.807) is 16.3 Å². The second kappa shape index (κ2) is 7.52. The van der Waals surface area contributed by atoms with Crippen LogP contribution in [0.1, 0.15) is 30.9 Å². The average Bonchev–Trinajstić information content (AvgIpc) is 3.17. The van der Waals surface area contributed by atoms with Gasteiger partial charge in [-0.1, -0.05) is 48.2 Å². The van der Waals surface area contributed by atoms with Crippen molar-refractivity contribution in [3.8, 4) is 10.7 Å².